The van der Waals surface area contributed by atoms with E-state index in [0.717, 1.165) is 18.4 Å². The molecule has 1 heterocycles. The first-order valence-electron chi connectivity index (χ1n) is 7.21. The first kappa shape index (κ1) is 19.6. The molecule has 1 aliphatic rings. The van der Waals surface area contributed by atoms with Crippen LogP contribution >= 0.6 is 12.4 Å². The molecule has 2 N–H and O–H groups in total. The van der Waals surface area contributed by atoms with E-state index in [0.29, 0.717) is 25.9 Å². The van der Waals surface area contributed by atoms with E-state index in [1.54, 1.807) is 17.0 Å². The van der Waals surface area contributed by atoms with Gasteiger partial charge in [0.1, 0.15) is 5.75 Å². The molecule has 1 aromatic carbocycles. The predicted molar refractivity (Wildman–Crippen MR) is 82.5 cm³/mol. The number of piperidine rings is 1. The minimum atomic E-state index is -4.69. The fourth-order valence-electron chi connectivity index (χ4n) is 2.42. The van der Waals surface area contributed by atoms with Crippen molar-refractivity contribution in [3.05, 3.63) is 29.8 Å². The van der Waals surface area contributed by atoms with Crippen molar-refractivity contribution in [1.29, 1.82) is 0 Å². The molecule has 0 saturated carbocycles. The minimum Gasteiger partial charge on any atom is -0.406 e. The fourth-order valence-corrected chi connectivity index (χ4v) is 2.42. The summed E-state index contributed by atoms with van der Waals surface area (Å²) < 4.78 is 39.9. The van der Waals surface area contributed by atoms with E-state index in [9.17, 15) is 18.0 Å². The van der Waals surface area contributed by atoms with Crippen LogP contribution in [0.1, 0.15) is 24.8 Å². The molecule has 0 bridgehead atoms. The zero-order valence-corrected chi connectivity index (χ0v) is 13.3. The minimum absolute atomic E-state index is 0. The molecule has 1 aromatic rings. The lowest BCUT2D eigenvalue weighted by molar-refractivity contribution is -0.274. The predicted octanol–water partition coefficient (Wildman–Crippen LogP) is 2.89. The van der Waals surface area contributed by atoms with Gasteiger partial charge in [-0.3, -0.25) is 4.79 Å². The molecule has 1 fully saturated rings. The molecule has 23 heavy (non-hydrogen) atoms. The molecule has 130 valence electrons. The number of halogens is 4. The van der Waals surface area contributed by atoms with Crippen molar-refractivity contribution in [2.75, 3.05) is 13.1 Å². The second kappa shape index (κ2) is 8.40. The number of carbonyl (C=O) groups excluding carboxylic acids is 1. The monoisotopic (exact) mass is 352 g/mol. The van der Waals surface area contributed by atoms with E-state index in [4.69, 9.17) is 5.73 Å². The van der Waals surface area contributed by atoms with E-state index < -0.39 is 6.36 Å². The fraction of sp³-hybridized carbons (Fsp3) is 0.533. The third-order valence-corrected chi connectivity index (χ3v) is 3.68. The molecular weight excluding hydrogens is 333 g/mol. The van der Waals surface area contributed by atoms with E-state index in [1.165, 1.54) is 12.1 Å². The second-order valence-corrected chi connectivity index (χ2v) is 5.41. The van der Waals surface area contributed by atoms with Crippen molar-refractivity contribution < 1.29 is 22.7 Å². The number of likely N-dealkylation sites (tertiary alicyclic amines) is 1. The van der Waals surface area contributed by atoms with Crippen LogP contribution < -0.4 is 10.5 Å². The highest BCUT2D eigenvalue weighted by Gasteiger charge is 2.30. The Morgan fingerprint density at radius 1 is 1.22 bits per heavy atom. The summed E-state index contributed by atoms with van der Waals surface area (Å²) in [7, 11) is 0. The third kappa shape index (κ3) is 6.66. The van der Waals surface area contributed by atoms with Crippen LogP contribution in [0.4, 0.5) is 13.2 Å². The van der Waals surface area contributed by atoms with Crippen LogP contribution in [0.15, 0.2) is 24.3 Å². The SMILES string of the molecule is Cl.NC1CCN(C(=O)CCc2ccc(OC(F)(F)F)cc2)CC1. The van der Waals surface area contributed by atoms with E-state index in [1.807, 2.05) is 0 Å². The van der Waals surface area contributed by atoms with Gasteiger partial charge in [0.15, 0.2) is 0 Å². The molecule has 1 saturated heterocycles. The maximum atomic E-state index is 12.0. The van der Waals surface area contributed by atoms with Gasteiger partial charge in [-0.2, -0.15) is 0 Å². The Hall–Kier alpha value is -1.47. The van der Waals surface area contributed by atoms with Crippen molar-refractivity contribution >= 4 is 18.3 Å². The number of alkyl halides is 3. The molecule has 8 heteroatoms. The number of carbonyl (C=O) groups is 1. The van der Waals surface area contributed by atoms with Crippen molar-refractivity contribution in [2.45, 2.75) is 38.1 Å². The quantitative estimate of drug-likeness (QED) is 0.906. The summed E-state index contributed by atoms with van der Waals surface area (Å²) in [4.78, 5) is 13.8. The molecule has 0 unspecified atom stereocenters. The van der Waals surface area contributed by atoms with E-state index in [-0.39, 0.29) is 30.1 Å². The first-order chi connectivity index (χ1) is 10.3. The van der Waals surface area contributed by atoms with Crippen molar-refractivity contribution in [1.82, 2.24) is 4.90 Å². The van der Waals surface area contributed by atoms with Gasteiger partial charge in [0.05, 0.1) is 0 Å². The number of aryl methyl sites for hydroxylation is 1. The van der Waals surface area contributed by atoms with Crippen molar-refractivity contribution in [2.24, 2.45) is 5.73 Å². The Kier molecular flexibility index (Phi) is 7.15. The van der Waals surface area contributed by atoms with Crippen LogP contribution in [0, 0.1) is 0 Å². The summed E-state index contributed by atoms with van der Waals surface area (Å²) in [6.07, 6.45) is -2.22. The molecule has 1 aliphatic heterocycles. The summed E-state index contributed by atoms with van der Waals surface area (Å²) >= 11 is 0. The smallest absolute Gasteiger partial charge is 0.406 e. The summed E-state index contributed by atoms with van der Waals surface area (Å²) in [5, 5.41) is 0. The van der Waals surface area contributed by atoms with Crippen LogP contribution in [0.25, 0.3) is 0 Å². The Bertz CT molecular complexity index is 500. The van der Waals surface area contributed by atoms with Crippen LogP contribution in [0.5, 0.6) is 5.75 Å². The Morgan fingerprint density at radius 3 is 2.30 bits per heavy atom. The molecular formula is C15H20ClF3N2O2. The molecule has 1 amide bonds. The summed E-state index contributed by atoms with van der Waals surface area (Å²) in [6, 6.07) is 5.77. The summed E-state index contributed by atoms with van der Waals surface area (Å²) in [5.74, 6) is -0.199. The lowest BCUT2D eigenvalue weighted by Gasteiger charge is -2.30. The largest absolute Gasteiger partial charge is 0.573 e. The number of benzene rings is 1. The van der Waals surface area contributed by atoms with Crippen LogP contribution in [-0.2, 0) is 11.2 Å². The lowest BCUT2D eigenvalue weighted by Crippen LogP contribution is -2.42. The van der Waals surface area contributed by atoms with E-state index in [2.05, 4.69) is 4.74 Å². The Balaban J connectivity index is 0.00000264. The number of rotatable bonds is 4. The zero-order chi connectivity index (χ0) is 16.2. The molecule has 2 rings (SSSR count). The highest BCUT2D eigenvalue weighted by molar-refractivity contribution is 5.85. The van der Waals surface area contributed by atoms with Gasteiger partial charge in [0.25, 0.3) is 0 Å². The molecule has 0 aliphatic carbocycles. The molecule has 0 radical (unpaired) electrons. The van der Waals surface area contributed by atoms with E-state index >= 15 is 0 Å². The summed E-state index contributed by atoms with van der Waals surface area (Å²) in [6.45, 7) is 1.36. The van der Waals surface area contributed by atoms with Gasteiger partial charge in [-0.25, -0.2) is 0 Å². The number of hydrogen-bond donors (Lipinski definition) is 1. The maximum absolute atomic E-state index is 12.0. The van der Waals surface area contributed by atoms with Crippen LogP contribution in [0.3, 0.4) is 0 Å². The van der Waals surface area contributed by atoms with Crippen molar-refractivity contribution in [3.8, 4) is 5.75 Å². The molecule has 0 aromatic heterocycles. The number of amides is 1. The van der Waals surface area contributed by atoms with Gasteiger partial charge in [-0.15, -0.1) is 25.6 Å². The molecule has 0 atom stereocenters. The number of nitrogens with zero attached hydrogens (tertiary/aromatic N) is 1. The zero-order valence-electron chi connectivity index (χ0n) is 12.5. The van der Waals surface area contributed by atoms with Gasteiger partial charge in [0.2, 0.25) is 5.91 Å². The Morgan fingerprint density at radius 2 is 1.78 bits per heavy atom. The Labute approximate surface area is 139 Å². The molecule has 0 spiro atoms. The normalized spacial score (nSPS) is 15.9. The van der Waals surface area contributed by atoms with Gasteiger partial charge in [0, 0.05) is 25.6 Å². The number of nitrogens with two attached hydrogens (primary N) is 1. The highest BCUT2D eigenvalue weighted by Crippen LogP contribution is 2.23. The van der Waals surface area contributed by atoms with Crippen LogP contribution in [0.2, 0.25) is 0 Å². The maximum Gasteiger partial charge on any atom is 0.573 e. The number of hydrogen-bond acceptors (Lipinski definition) is 3. The standard InChI is InChI=1S/C15H19F3N2O2.ClH/c16-15(17,18)22-13-4-1-11(2-5-13)3-6-14(21)20-9-7-12(19)8-10-20;/h1-2,4-5,12H,3,6-10,19H2;1H. The highest BCUT2D eigenvalue weighted by atomic mass is 35.5. The molecule has 4 nitrogen and oxygen atoms in total. The summed E-state index contributed by atoms with van der Waals surface area (Å²) in [5.41, 5.74) is 6.59. The van der Waals surface area contributed by atoms with Crippen molar-refractivity contribution in [3.63, 3.8) is 0 Å². The lowest BCUT2D eigenvalue weighted by atomic mass is 10.0. The topological polar surface area (TPSA) is 55.6 Å². The van der Waals surface area contributed by atoms with Crippen LogP contribution in [-0.4, -0.2) is 36.3 Å². The average molecular weight is 353 g/mol. The van der Waals surface area contributed by atoms with Gasteiger partial charge in [-0.05, 0) is 37.0 Å². The van der Waals surface area contributed by atoms with Gasteiger partial charge in [-0.1, -0.05) is 12.1 Å². The first-order valence-corrected chi connectivity index (χ1v) is 7.21. The number of ether oxygens (including phenoxy) is 1. The second-order valence-electron chi connectivity index (χ2n) is 5.41. The van der Waals surface area contributed by atoms with Gasteiger partial charge < -0.3 is 15.4 Å². The third-order valence-electron chi connectivity index (χ3n) is 3.68. The van der Waals surface area contributed by atoms with Gasteiger partial charge >= 0.3 is 6.36 Å². The average Bonchev–Trinajstić information content (AvgIpc) is 2.45.